The molecule has 0 radical (unpaired) electrons. The van der Waals surface area contributed by atoms with E-state index >= 15 is 0 Å². The van der Waals surface area contributed by atoms with Crippen LogP contribution in [0.15, 0.2) is 84.0 Å². The van der Waals surface area contributed by atoms with Crippen molar-refractivity contribution in [2.24, 2.45) is 0 Å². The summed E-state index contributed by atoms with van der Waals surface area (Å²) in [7, 11) is -1.14. The van der Waals surface area contributed by atoms with Crippen molar-refractivity contribution < 1.29 is 8.95 Å². The van der Waals surface area contributed by atoms with Gasteiger partial charge in [-0.25, -0.2) is 14.2 Å². The molecule has 0 aliphatic rings. The van der Waals surface area contributed by atoms with Gasteiger partial charge < -0.3 is 9.64 Å². The van der Waals surface area contributed by atoms with Gasteiger partial charge in [-0.05, 0) is 90.5 Å². The summed E-state index contributed by atoms with van der Waals surface area (Å²) in [5, 5.41) is 0.693. The topological polar surface area (TPSA) is 67.4 Å². The molecule has 0 amide bonds. The van der Waals surface area contributed by atoms with Gasteiger partial charge in [-0.1, -0.05) is 30.7 Å². The molecule has 0 saturated heterocycles. The summed E-state index contributed by atoms with van der Waals surface area (Å²) >= 11 is 6.24. The van der Waals surface area contributed by atoms with Gasteiger partial charge in [0.2, 0.25) is 5.95 Å². The first-order valence-corrected chi connectivity index (χ1v) is 13.7. The van der Waals surface area contributed by atoms with Crippen LogP contribution in [0.2, 0.25) is 5.02 Å². The van der Waals surface area contributed by atoms with E-state index in [1.807, 2.05) is 48.5 Å². The molecule has 3 aromatic carbocycles. The molecule has 4 rings (SSSR count). The van der Waals surface area contributed by atoms with Crippen molar-refractivity contribution in [2.75, 3.05) is 23.3 Å². The zero-order valence-electron chi connectivity index (χ0n) is 20.6. The normalized spacial score (nSPS) is 12.6. The monoisotopic (exact) mass is 520 g/mol. The number of halogens is 1. The number of aromatic nitrogens is 2. The lowest BCUT2D eigenvalue weighted by atomic mass is 9.98. The Kier molecular flexibility index (Phi) is 7.82. The van der Waals surface area contributed by atoms with Gasteiger partial charge in [0.25, 0.3) is 0 Å². The number of methoxy groups -OCH3 is 1. The second kappa shape index (κ2) is 11.0. The summed E-state index contributed by atoms with van der Waals surface area (Å²) in [6, 6.07) is 21.2. The maximum Gasteiger partial charge on any atom is 0.234 e. The number of nitrogens with one attached hydrogen (secondary N) is 1. The molecular formula is C28H29ClN4O2S. The molecule has 8 heteroatoms. The van der Waals surface area contributed by atoms with E-state index in [0.717, 1.165) is 46.8 Å². The van der Waals surface area contributed by atoms with Crippen molar-refractivity contribution >= 4 is 44.5 Å². The Labute approximate surface area is 218 Å². The number of aryl methyl sites for hydroxylation is 1. The summed E-state index contributed by atoms with van der Waals surface area (Å²) in [6.45, 7) is 5.00. The van der Waals surface area contributed by atoms with Crippen molar-refractivity contribution in [1.82, 2.24) is 9.97 Å². The number of rotatable bonds is 9. The van der Waals surface area contributed by atoms with Crippen molar-refractivity contribution in [3.8, 4) is 16.9 Å². The zero-order valence-corrected chi connectivity index (χ0v) is 22.1. The fraction of sp³-hybridized carbons (Fsp3) is 0.179. The van der Waals surface area contributed by atoms with Gasteiger partial charge >= 0.3 is 0 Å². The van der Waals surface area contributed by atoms with Crippen LogP contribution < -0.4 is 14.4 Å². The van der Waals surface area contributed by atoms with Gasteiger partial charge in [0.1, 0.15) is 5.75 Å². The Morgan fingerprint density at radius 1 is 1.06 bits per heavy atom. The fourth-order valence-electron chi connectivity index (χ4n) is 4.03. The molecule has 1 heterocycles. The molecule has 186 valence electrons. The first-order chi connectivity index (χ1) is 17.3. The average Bonchev–Trinajstić information content (AvgIpc) is 2.87. The van der Waals surface area contributed by atoms with Crippen LogP contribution in [0.25, 0.3) is 11.1 Å². The van der Waals surface area contributed by atoms with Gasteiger partial charge in [0.05, 0.1) is 22.5 Å². The molecule has 1 aromatic heterocycles. The van der Waals surface area contributed by atoms with Crippen molar-refractivity contribution in [3.63, 3.8) is 0 Å². The first kappa shape index (κ1) is 25.5. The van der Waals surface area contributed by atoms with E-state index in [1.54, 1.807) is 25.6 Å². The highest BCUT2D eigenvalue weighted by molar-refractivity contribution is 8.01. The molecule has 1 N–H and O–H groups in total. The fourth-order valence-corrected chi connectivity index (χ4v) is 5.31. The first-order valence-electron chi connectivity index (χ1n) is 11.6. The predicted octanol–water partition coefficient (Wildman–Crippen LogP) is 6.76. The van der Waals surface area contributed by atoms with Crippen molar-refractivity contribution in [2.45, 2.75) is 25.2 Å². The minimum Gasteiger partial charge on any atom is -0.495 e. The number of hydrogen-bond acceptors (Lipinski definition) is 5. The maximum atomic E-state index is 13.2. The van der Waals surface area contributed by atoms with Gasteiger partial charge in [0, 0.05) is 34.5 Å². The van der Waals surface area contributed by atoms with Crippen LogP contribution in [0.5, 0.6) is 5.75 Å². The van der Waals surface area contributed by atoms with Gasteiger partial charge in [0.15, 0.2) is 0 Å². The van der Waals surface area contributed by atoms with Crippen molar-refractivity contribution in [1.29, 1.82) is 0 Å². The highest BCUT2D eigenvalue weighted by atomic mass is 35.5. The van der Waals surface area contributed by atoms with Crippen LogP contribution in [0.3, 0.4) is 0 Å². The SMILES string of the molecule is C=S(=O)(Nc1ncccn1)c1ccc(N(CCC)c2cc(C)c(-c3cccc(Cl)c3)cc2OC)cc1. The van der Waals surface area contributed by atoms with Gasteiger partial charge in [-0.2, -0.15) is 0 Å². The van der Waals surface area contributed by atoms with Gasteiger partial charge in [-0.3, -0.25) is 4.72 Å². The number of benzene rings is 3. The number of nitrogens with zero attached hydrogens (tertiary/aromatic N) is 3. The molecule has 0 aliphatic heterocycles. The predicted molar refractivity (Wildman–Crippen MR) is 151 cm³/mol. The highest BCUT2D eigenvalue weighted by Gasteiger charge is 2.18. The van der Waals surface area contributed by atoms with Crippen LogP contribution in [0, 0.1) is 6.92 Å². The zero-order chi connectivity index (χ0) is 25.7. The van der Waals surface area contributed by atoms with Crippen LogP contribution >= 0.6 is 11.6 Å². The Hall–Kier alpha value is -3.55. The number of ether oxygens (including phenoxy) is 1. The third kappa shape index (κ3) is 5.64. The molecule has 0 aliphatic carbocycles. The number of hydrogen-bond donors (Lipinski definition) is 1. The smallest absolute Gasteiger partial charge is 0.234 e. The maximum absolute atomic E-state index is 13.2. The summed E-state index contributed by atoms with van der Waals surface area (Å²) in [6.07, 6.45) is 4.10. The molecule has 6 nitrogen and oxygen atoms in total. The molecule has 1 unspecified atom stereocenters. The van der Waals surface area contributed by atoms with Gasteiger partial charge in [-0.15, -0.1) is 0 Å². The third-order valence-corrected chi connectivity index (χ3v) is 7.53. The van der Waals surface area contributed by atoms with E-state index in [2.05, 4.69) is 51.4 Å². The average molecular weight is 521 g/mol. The molecule has 4 aromatic rings. The van der Waals surface area contributed by atoms with E-state index in [4.69, 9.17) is 16.3 Å². The summed E-state index contributed by atoms with van der Waals surface area (Å²) in [5.74, 6) is 4.92. The second-order valence-electron chi connectivity index (χ2n) is 8.34. The van der Waals surface area contributed by atoms with Crippen LogP contribution in [-0.2, 0) is 9.71 Å². The Morgan fingerprint density at radius 3 is 2.42 bits per heavy atom. The van der Waals surface area contributed by atoms with Crippen LogP contribution in [0.4, 0.5) is 17.3 Å². The molecule has 36 heavy (non-hydrogen) atoms. The lowest BCUT2D eigenvalue weighted by molar-refractivity contribution is 0.415. The Balaban J connectivity index is 1.68. The van der Waals surface area contributed by atoms with Crippen LogP contribution in [-0.4, -0.2) is 33.7 Å². The molecule has 0 spiro atoms. The van der Waals surface area contributed by atoms with E-state index in [1.165, 1.54) is 0 Å². The quantitative estimate of drug-likeness (QED) is 0.247. The van der Waals surface area contributed by atoms with E-state index in [0.29, 0.717) is 9.92 Å². The molecule has 0 bridgehead atoms. The number of anilines is 3. The van der Waals surface area contributed by atoms with E-state index in [9.17, 15) is 4.21 Å². The second-order valence-corrected chi connectivity index (χ2v) is 10.8. The summed E-state index contributed by atoms with van der Waals surface area (Å²) in [5.41, 5.74) is 5.13. The van der Waals surface area contributed by atoms with E-state index < -0.39 is 9.71 Å². The largest absolute Gasteiger partial charge is 0.495 e. The molecular weight excluding hydrogens is 492 g/mol. The third-order valence-electron chi connectivity index (χ3n) is 5.75. The lowest BCUT2D eigenvalue weighted by Gasteiger charge is -2.28. The minimum absolute atomic E-state index is 0.272. The highest BCUT2D eigenvalue weighted by Crippen LogP contribution is 2.40. The van der Waals surface area contributed by atoms with Crippen molar-refractivity contribution in [3.05, 3.63) is 89.7 Å². The summed E-state index contributed by atoms with van der Waals surface area (Å²) in [4.78, 5) is 10.9. The standard InChI is InChI=1S/C28H29ClN4O2S/c1-5-16-33(23-10-12-24(13-11-23)36(4,34)32-28-30-14-7-15-31-28)26-17-20(2)25(19-27(26)35-3)21-8-6-9-22(29)18-21/h6-15,17-19H,4-5,16H2,1-3H3,(H,30,31,32,34). The molecule has 0 saturated carbocycles. The summed E-state index contributed by atoms with van der Waals surface area (Å²) < 4.78 is 21.9. The lowest BCUT2D eigenvalue weighted by Crippen LogP contribution is -2.19. The Bertz CT molecular complexity index is 1440. The van der Waals surface area contributed by atoms with E-state index in [-0.39, 0.29) is 5.95 Å². The van der Waals surface area contributed by atoms with Crippen LogP contribution in [0.1, 0.15) is 18.9 Å². The minimum atomic E-state index is -2.82. The Morgan fingerprint density at radius 2 is 1.78 bits per heavy atom. The molecule has 0 fully saturated rings. The molecule has 1 atom stereocenters.